The van der Waals surface area contributed by atoms with Crippen molar-refractivity contribution in [2.45, 2.75) is 77.9 Å². The normalized spacial score (nSPS) is 17.6. The summed E-state index contributed by atoms with van der Waals surface area (Å²) in [4.78, 5) is 34.8. The monoisotopic (exact) mass is 358 g/mol. The molecule has 7 nitrogen and oxygen atoms in total. The highest BCUT2D eigenvalue weighted by Crippen LogP contribution is 2.27. The van der Waals surface area contributed by atoms with E-state index >= 15 is 0 Å². The van der Waals surface area contributed by atoms with Crippen LogP contribution in [0.2, 0.25) is 0 Å². The summed E-state index contributed by atoms with van der Waals surface area (Å²) < 4.78 is -0.528. The molecule has 0 heterocycles. The maximum Gasteiger partial charge on any atom is 0.362 e. The maximum absolute atomic E-state index is 11.6. The minimum absolute atomic E-state index is 0.138. The van der Waals surface area contributed by atoms with Gasteiger partial charge in [-0.15, -0.1) is 0 Å². The highest BCUT2D eigenvalue weighted by molar-refractivity contribution is 5.77. The molecule has 25 heavy (non-hydrogen) atoms. The second-order valence-corrected chi connectivity index (χ2v) is 6.52. The van der Waals surface area contributed by atoms with E-state index in [1.807, 2.05) is 12.2 Å². The Morgan fingerprint density at radius 3 is 1.56 bits per heavy atom. The summed E-state index contributed by atoms with van der Waals surface area (Å²) in [6.07, 6.45) is 8.54. The molecule has 0 saturated carbocycles. The number of unbranched alkanes of at least 4 members (excludes halogenated alkanes) is 3. The summed E-state index contributed by atoms with van der Waals surface area (Å²) in [7, 11) is 0. The number of rotatable bonds is 13. The Hall–Kier alpha value is -1.89. The zero-order valence-electron chi connectivity index (χ0n) is 15.6. The standard InChI is InChI=1S/C18H31NO6/c1-5-6-7-8-9-10-11-12-19(13(2)16(20)21,14(3)17(22)23)15(4)18(24)25/h9-10,13-15H,5-8,11-12H2,1-4H3,(H2-,20,21,22,23,24,25)/p+1/b10-9+. The summed E-state index contributed by atoms with van der Waals surface area (Å²) in [6, 6.07) is -3.44. The number of carbonyl (C=O) groups is 3. The number of carboxylic acids is 3. The molecule has 0 aliphatic rings. The highest BCUT2D eigenvalue weighted by atomic mass is 16.4. The number of hydrogen-bond acceptors (Lipinski definition) is 3. The van der Waals surface area contributed by atoms with Crippen molar-refractivity contribution in [2.24, 2.45) is 0 Å². The van der Waals surface area contributed by atoms with Gasteiger partial charge in [-0.05, 0) is 33.6 Å². The zero-order valence-corrected chi connectivity index (χ0v) is 15.6. The largest absolute Gasteiger partial charge is 0.477 e. The van der Waals surface area contributed by atoms with Crippen LogP contribution in [-0.2, 0) is 14.4 Å². The summed E-state index contributed by atoms with van der Waals surface area (Å²) in [5.74, 6) is -3.60. The van der Waals surface area contributed by atoms with Crippen LogP contribution in [0.4, 0.5) is 0 Å². The molecule has 144 valence electrons. The SMILES string of the molecule is CCCCC/C=C/CC[N+](C(C)C(=O)O)(C(C)C(=O)O)C(C)C(=O)O. The molecule has 0 rings (SSSR count). The second kappa shape index (κ2) is 10.9. The molecule has 3 N–H and O–H groups in total. The van der Waals surface area contributed by atoms with Gasteiger partial charge in [-0.2, -0.15) is 0 Å². The molecule has 0 aliphatic heterocycles. The molecule has 7 heteroatoms. The van der Waals surface area contributed by atoms with Gasteiger partial charge in [-0.3, -0.25) is 4.48 Å². The first-order valence-electron chi connectivity index (χ1n) is 8.83. The zero-order chi connectivity index (χ0) is 19.6. The van der Waals surface area contributed by atoms with E-state index in [0.29, 0.717) is 6.42 Å². The molecule has 0 bridgehead atoms. The molecule has 0 amide bonds. The van der Waals surface area contributed by atoms with E-state index in [2.05, 4.69) is 6.92 Å². The molecule has 3 atom stereocenters. The highest BCUT2D eigenvalue weighted by Gasteiger charge is 2.52. The van der Waals surface area contributed by atoms with Crippen molar-refractivity contribution in [1.82, 2.24) is 0 Å². The minimum Gasteiger partial charge on any atom is -0.477 e. The van der Waals surface area contributed by atoms with Gasteiger partial charge in [-0.1, -0.05) is 31.9 Å². The van der Waals surface area contributed by atoms with Crippen molar-refractivity contribution < 1.29 is 34.2 Å². The van der Waals surface area contributed by atoms with Crippen molar-refractivity contribution in [3.05, 3.63) is 12.2 Å². The second-order valence-electron chi connectivity index (χ2n) is 6.52. The third-order valence-electron chi connectivity index (χ3n) is 5.06. The molecule has 0 radical (unpaired) electrons. The molecule has 0 spiro atoms. The lowest BCUT2D eigenvalue weighted by atomic mass is 10.0. The van der Waals surface area contributed by atoms with Crippen molar-refractivity contribution in [3.8, 4) is 0 Å². The van der Waals surface area contributed by atoms with E-state index in [9.17, 15) is 29.7 Å². The van der Waals surface area contributed by atoms with E-state index < -0.39 is 40.5 Å². The molecule has 0 fully saturated rings. The third-order valence-corrected chi connectivity index (χ3v) is 5.06. The van der Waals surface area contributed by atoms with Crippen LogP contribution in [-0.4, -0.2) is 62.4 Å². The number of hydrogen-bond donors (Lipinski definition) is 3. The lowest BCUT2D eigenvalue weighted by Gasteiger charge is -2.47. The van der Waals surface area contributed by atoms with Crippen LogP contribution in [0.1, 0.15) is 59.8 Å². The average Bonchev–Trinajstić information content (AvgIpc) is 2.55. The average molecular weight is 358 g/mol. The van der Waals surface area contributed by atoms with Crippen LogP contribution >= 0.6 is 0 Å². The number of allylic oxidation sites excluding steroid dienone is 1. The predicted octanol–water partition coefficient (Wildman–Crippen LogP) is 2.75. The Labute approximate surface area is 149 Å². The molecule has 0 aliphatic carbocycles. The van der Waals surface area contributed by atoms with Gasteiger partial charge in [0.15, 0.2) is 18.1 Å². The molecule has 0 saturated heterocycles. The van der Waals surface area contributed by atoms with Gasteiger partial charge in [0.05, 0.1) is 6.54 Å². The minimum atomic E-state index is -1.20. The van der Waals surface area contributed by atoms with Crippen molar-refractivity contribution in [2.75, 3.05) is 6.54 Å². The Morgan fingerprint density at radius 1 is 0.800 bits per heavy atom. The summed E-state index contributed by atoms with van der Waals surface area (Å²) in [6.45, 7) is 6.40. The lowest BCUT2D eigenvalue weighted by molar-refractivity contribution is -0.967. The van der Waals surface area contributed by atoms with Gasteiger partial charge in [0.1, 0.15) is 0 Å². The van der Waals surface area contributed by atoms with Crippen LogP contribution in [0.25, 0.3) is 0 Å². The van der Waals surface area contributed by atoms with Crippen LogP contribution in [0, 0.1) is 0 Å². The van der Waals surface area contributed by atoms with Crippen LogP contribution in [0.3, 0.4) is 0 Å². The van der Waals surface area contributed by atoms with Crippen LogP contribution in [0.5, 0.6) is 0 Å². The molecule has 0 aromatic carbocycles. The lowest BCUT2D eigenvalue weighted by Crippen LogP contribution is -2.70. The van der Waals surface area contributed by atoms with E-state index in [1.165, 1.54) is 20.8 Å². The Kier molecular flexibility index (Phi) is 10.0. The van der Waals surface area contributed by atoms with Crippen LogP contribution in [0.15, 0.2) is 12.2 Å². The molecule has 3 unspecified atom stereocenters. The van der Waals surface area contributed by atoms with Gasteiger partial charge in [-0.25, -0.2) is 14.4 Å². The number of quaternary nitrogens is 1. The summed E-state index contributed by atoms with van der Waals surface area (Å²) >= 11 is 0. The van der Waals surface area contributed by atoms with Gasteiger partial charge in [0, 0.05) is 6.42 Å². The first-order valence-corrected chi connectivity index (χ1v) is 8.83. The molecule has 0 aromatic rings. The Balaban J connectivity index is 5.50. The van der Waals surface area contributed by atoms with Gasteiger partial charge >= 0.3 is 17.9 Å². The predicted molar refractivity (Wildman–Crippen MR) is 94.3 cm³/mol. The topological polar surface area (TPSA) is 112 Å². The smallest absolute Gasteiger partial charge is 0.362 e. The van der Waals surface area contributed by atoms with Gasteiger partial charge in [0.2, 0.25) is 0 Å². The maximum atomic E-state index is 11.6. The van der Waals surface area contributed by atoms with Crippen molar-refractivity contribution in [3.63, 3.8) is 0 Å². The van der Waals surface area contributed by atoms with E-state index in [-0.39, 0.29) is 6.54 Å². The van der Waals surface area contributed by atoms with Gasteiger partial charge in [0.25, 0.3) is 0 Å². The Bertz CT molecular complexity index is 438. The van der Waals surface area contributed by atoms with E-state index in [1.54, 1.807) is 0 Å². The van der Waals surface area contributed by atoms with E-state index in [0.717, 1.165) is 25.7 Å². The van der Waals surface area contributed by atoms with Gasteiger partial charge < -0.3 is 15.3 Å². The first kappa shape index (κ1) is 23.1. The fourth-order valence-corrected chi connectivity index (χ4v) is 3.25. The third kappa shape index (κ3) is 6.16. The summed E-state index contributed by atoms with van der Waals surface area (Å²) in [5, 5.41) is 28.4. The first-order chi connectivity index (χ1) is 11.6. The molecule has 0 aromatic heterocycles. The fraction of sp³-hybridized carbons (Fsp3) is 0.722. The van der Waals surface area contributed by atoms with Crippen LogP contribution < -0.4 is 0 Å². The van der Waals surface area contributed by atoms with E-state index in [4.69, 9.17) is 0 Å². The van der Waals surface area contributed by atoms with Crippen molar-refractivity contribution >= 4 is 17.9 Å². The Morgan fingerprint density at radius 2 is 1.20 bits per heavy atom. The fourth-order valence-electron chi connectivity index (χ4n) is 3.25. The number of nitrogens with zero attached hydrogens (tertiary/aromatic N) is 1. The quantitative estimate of drug-likeness (QED) is 0.265. The number of carboxylic acid groups (broad SMARTS) is 3. The number of aliphatic carboxylic acids is 3. The van der Waals surface area contributed by atoms with Crippen molar-refractivity contribution in [1.29, 1.82) is 0 Å². The molecular weight excluding hydrogens is 326 g/mol. The molecular formula is C18H32NO6+. The summed E-state index contributed by atoms with van der Waals surface area (Å²) in [5.41, 5.74) is 0.